The Labute approximate surface area is 168 Å². The standard InChI is InChI=1S/C20H17FN4O3S/c1-8-6-13(23-9(2)22-8)14-12(21)7-11-16(18(14)28-3)25(10-4-5-10)20-15(17(11)26)19(27)24-29-20/h6-7,10H,4-5H2,1-3H3,(H,24,27). The van der Waals surface area contributed by atoms with Crippen molar-refractivity contribution in [3.8, 4) is 17.0 Å². The third-order valence-electron chi connectivity index (χ3n) is 5.16. The summed E-state index contributed by atoms with van der Waals surface area (Å²) in [6, 6.07) is 3.01. The van der Waals surface area contributed by atoms with E-state index >= 15 is 4.39 Å². The van der Waals surface area contributed by atoms with Crippen molar-refractivity contribution in [2.24, 2.45) is 0 Å². The lowest BCUT2D eigenvalue weighted by molar-refractivity contribution is 0.416. The lowest BCUT2D eigenvalue weighted by Crippen LogP contribution is -2.16. The number of aromatic amines is 1. The number of ether oxygens (including phenoxy) is 1. The molecule has 0 saturated heterocycles. The minimum atomic E-state index is -0.627. The molecule has 29 heavy (non-hydrogen) atoms. The number of rotatable bonds is 3. The number of pyridine rings is 1. The van der Waals surface area contributed by atoms with Crippen LogP contribution in [0.15, 0.2) is 21.7 Å². The summed E-state index contributed by atoms with van der Waals surface area (Å²) < 4.78 is 25.5. The summed E-state index contributed by atoms with van der Waals surface area (Å²) in [5, 5.41) is 0.200. The van der Waals surface area contributed by atoms with Crippen molar-refractivity contribution in [3.05, 3.63) is 50.0 Å². The van der Waals surface area contributed by atoms with Gasteiger partial charge in [0, 0.05) is 11.7 Å². The number of hydrogen-bond acceptors (Lipinski definition) is 6. The van der Waals surface area contributed by atoms with Gasteiger partial charge in [-0.25, -0.2) is 14.4 Å². The second-order valence-electron chi connectivity index (χ2n) is 7.25. The molecular formula is C20H17FN4O3S. The van der Waals surface area contributed by atoms with Gasteiger partial charge in [0.15, 0.2) is 5.75 Å². The second kappa shape index (κ2) is 6.21. The molecule has 1 aromatic carbocycles. The van der Waals surface area contributed by atoms with Gasteiger partial charge in [0.25, 0.3) is 5.56 Å². The zero-order valence-electron chi connectivity index (χ0n) is 16.0. The van der Waals surface area contributed by atoms with Gasteiger partial charge in [-0.1, -0.05) is 0 Å². The highest BCUT2D eigenvalue weighted by Crippen LogP contribution is 2.45. The van der Waals surface area contributed by atoms with Crippen molar-refractivity contribution in [3.63, 3.8) is 0 Å². The zero-order valence-corrected chi connectivity index (χ0v) is 16.8. The molecule has 5 rings (SSSR count). The number of halogens is 1. The molecule has 7 nitrogen and oxygen atoms in total. The fourth-order valence-electron chi connectivity index (χ4n) is 3.89. The maximum Gasteiger partial charge on any atom is 0.271 e. The van der Waals surface area contributed by atoms with Crippen LogP contribution in [0.5, 0.6) is 5.75 Å². The van der Waals surface area contributed by atoms with E-state index in [-0.39, 0.29) is 28.1 Å². The number of aromatic nitrogens is 4. The monoisotopic (exact) mass is 412 g/mol. The number of hydrogen-bond donors (Lipinski definition) is 1. The number of nitrogens with one attached hydrogen (secondary N) is 1. The van der Waals surface area contributed by atoms with Crippen LogP contribution in [0.2, 0.25) is 0 Å². The fourth-order valence-corrected chi connectivity index (χ4v) is 4.81. The fraction of sp³-hybridized carbons (Fsp3) is 0.300. The van der Waals surface area contributed by atoms with Crippen LogP contribution in [0.4, 0.5) is 4.39 Å². The first kappa shape index (κ1) is 18.0. The lowest BCUT2D eigenvalue weighted by atomic mass is 10.0. The average Bonchev–Trinajstić information content (AvgIpc) is 3.43. The van der Waals surface area contributed by atoms with Crippen molar-refractivity contribution < 1.29 is 9.13 Å². The quantitative estimate of drug-likeness (QED) is 0.557. The molecule has 0 radical (unpaired) electrons. The van der Waals surface area contributed by atoms with Crippen molar-refractivity contribution >= 4 is 32.7 Å². The Bertz CT molecular complexity index is 1410. The first-order valence-electron chi connectivity index (χ1n) is 9.19. The molecule has 0 amide bonds. The molecule has 0 bridgehead atoms. The van der Waals surface area contributed by atoms with E-state index in [9.17, 15) is 9.59 Å². The molecule has 0 unspecified atom stereocenters. The molecule has 1 fully saturated rings. The summed E-state index contributed by atoms with van der Waals surface area (Å²) in [6.45, 7) is 3.55. The molecule has 0 spiro atoms. The van der Waals surface area contributed by atoms with Gasteiger partial charge in [-0.2, -0.15) is 0 Å². The molecule has 1 N–H and O–H groups in total. The predicted molar refractivity (Wildman–Crippen MR) is 109 cm³/mol. The van der Waals surface area contributed by atoms with Gasteiger partial charge in [-0.15, -0.1) is 0 Å². The Morgan fingerprint density at radius 1 is 1.24 bits per heavy atom. The topological polar surface area (TPSA) is 89.9 Å². The Hall–Kier alpha value is -3.07. The maximum absolute atomic E-state index is 15.3. The van der Waals surface area contributed by atoms with Crippen LogP contribution in [0.25, 0.3) is 32.4 Å². The van der Waals surface area contributed by atoms with Crippen LogP contribution in [-0.2, 0) is 0 Å². The van der Waals surface area contributed by atoms with E-state index in [1.807, 2.05) is 11.5 Å². The van der Waals surface area contributed by atoms with Gasteiger partial charge in [0.05, 0.1) is 29.3 Å². The van der Waals surface area contributed by atoms with Gasteiger partial charge in [-0.3, -0.25) is 14.0 Å². The molecule has 3 aromatic heterocycles. The predicted octanol–water partition coefficient (Wildman–Crippen LogP) is 3.46. The minimum absolute atomic E-state index is 0.0670. The molecule has 0 atom stereocenters. The van der Waals surface area contributed by atoms with Crippen LogP contribution in [0, 0.1) is 19.7 Å². The molecule has 3 heterocycles. The smallest absolute Gasteiger partial charge is 0.271 e. The van der Waals surface area contributed by atoms with Gasteiger partial charge < -0.3 is 9.30 Å². The van der Waals surface area contributed by atoms with E-state index in [1.165, 1.54) is 13.2 Å². The Balaban J connectivity index is 2.01. The van der Waals surface area contributed by atoms with Gasteiger partial charge >= 0.3 is 0 Å². The Morgan fingerprint density at radius 2 is 2.00 bits per heavy atom. The van der Waals surface area contributed by atoms with Gasteiger partial charge in [0.2, 0.25) is 5.43 Å². The van der Waals surface area contributed by atoms with Crippen molar-refractivity contribution in [1.29, 1.82) is 0 Å². The van der Waals surface area contributed by atoms with E-state index in [0.29, 0.717) is 27.6 Å². The molecule has 1 aliphatic carbocycles. The molecule has 1 aliphatic rings. The number of aryl methyl sites for hydroxylation is 2. The van der Waals surface area contributed by atoms with Gasteiger partial charge in [0.1, 0.15) is 21.9 Å². The number of methoxy groups -OCH3 is 1. The average molecular weight is 412 g/mol. The first-order chi connectivity index (χ1) is 13.9. The third-order valence-corrected chi connectivity index (χ3v) is 6.04. The highest BCUT2D eigenvalue weighted by Gasteiger charge is 2.32. The number of H-pyrrole nitrogens is 1. The second-order valence-corrected chi connectivity index (χ2v) is 8.04. The van der Waals surface area contributed by atoms with Crippen molar-refractivity contribution in [1.82, 2.24) is 18.9 Å². The summed E-state index contributed by atoms with van der Waals surface area (Å²) in [5.74, 6) is 0.127. The molecule has 148 valence electrons. The number of nitrogens with zero attached hydrogens (tertiary/aromatic N) is 3. The van der Waals surface area contributed by atoms with E-state index in [2.05, 4.69) is 14.3 Å². The van der Waals surface area contributed by atoms with E-state index in [4.69, 9.17) is 4.74 Å². The van der Waals surface area contributed by atoms with Crippen LogP contribution >= 0.6 is 11.5 Å². The first-order valence-corrected chi connectivity index (χ1v) is 10.0. The SMILES string of the molecule is COc1c(-c2cc(C)nc(C)n2)c(F)cc2c(=O)c3c(=O)[nH]sc3n(C3CC3)c12. The van der Waals surface area contributed by atoms with Crippen LogP contribution in [0.1, 0.15) is 30.4 Å². The lowest BCUT2D eigenvalue weighted by Gasteiger charge is -2.18. The van der Waals surface area contributed by atoms with Crippen LogP contribution in [0.3, 0.4) is 0 Å². The van der Waals surface area contributed by atoms with Crippen LogP contribution < -0.4 is 15.7 Å². The van der Waals surface area contributed by atoms with E-state index < -0.39 is 16.8 Å². The summed E-state index contributed by atoms with van der Waals surface area (Å²) in [5.41, 5.74) is 0.832. The summed E-state index contributed by atoms with van der Waals surface area (Å²) >= 11 is 1.12. The van der Waals surface area contributed by atoms with Crippen LogP contribution in [-0.4, -0.2) is 26.0 Å². The summed E-state index contributed by atoms with van der Waals surface area (Å²) in [7, 11) is 1.45. The molecule has 0 aliphatic heterocycles. The Kier molecular flexibility index (Phi) is 3.86. The highest BCUT2D eigenvalue weighted by atomic mass is 32.1. The summed E-state index contributed by atoms with van der Waals surface area (Å²) in [4.78, 5) is 34.5. The molecule has 9 heteroatoms. The normalized spacial score (nSPS) is 14.1. The molecular weight excluding hydrogens is 395 g/mol. The Morgan fingerprint density at radius 3 is 2.66 bits per heavy atom. The number of fused-ring (bicyclic) bond motifs is 2. The van der Waals surface area contributed by atoms with Crippen molar-refractivity contribution in [2.75, 3.05) is 7.11 Å². The zero-order chi connectivity index (χ0) is 20.4. The van der Waals surface area contributed by atoms with Gasteiger partial charge in [-0.05, 0) is 50.4 Å². The van der Waals surface area contributed by atoms with E-state index in [0.717, 1.165) is 24.4 Å². The van der Waals surface area contributed by atoms with E-state index in [1.54, 1.807) is 13.0 Å². The molecule has 1 saturated carbocycles. The number of benzene rings is 1. The highest BCUT2D eigenvalue weighted by molar-refractivity contribution is 7.12. The summed E-state index contributed by atoms with van der Waals surface area (Å²) in [6.07, 6.45) is 1.83. The molecule has 4 aromatic rings. The maximum atomic E-state index is 15.3. The minimum Gasteiger partial charge on any atom is -0.494 e. The third kappa shape index (κ3) is 2.61. The van der Waals surface area contributed by atoms with Crippen molar-refractivity contribution in [2.45, 2.75) is 32.7 Å². The largest absolute Gasteiger partial charge is 0.494 e.